The van der Waals surface area contributed by atoms with Gasteiger partial charge < -0.3 is 23.9 Å². The summed E-state index contributed by atoms with van der Waals surface area (Å²) >= 11 is 0. The van der Waals surface area contributed by atoms with E-state index in [0.29, 0.717) is 24.5 Å². The van der Waals surface area contributed by atoms with Crippen LogP contribution in [-0.2, 0) is 9.53 Å². The van der Waals surface area contributed by atoms with Crippen LogP contribution in [0.1, 0.15) is 32.8 Å². The Labute approximate surface area is 189 Å². The maximum atomic E-state index is 12.4. The largest absolute Gasteiger partial charge is 0.497 e. The number of benzene rings is 2. The van der Waals surface area contributed by atoms with Crippen LogP contribution in [0.25, 0.3) is 27.7 Å². The minimum Gasteiger partial charge on any atom is -0.497 e. The Morgan fingerprint density at radius 1 is 1.16 bits per heavy atom. The first kappa shape index (κ1) is 23.4. The summed E-state index contributed by atoms with van der Waals surface area (Å²) in [6, 6.07) is 11.7. The van der Waals surface area contributed by atoms with Crippen LogP contribution in [-0.4, -0.2) is 39.4 Å². The van der Waals surface area contributed by atoms with Crippen molar-refractivity contribution in [2.24, 2.45) is 0 Å². The number of ether oxygens (including phenoxy) is 3. The predicted octanol–water partition coefficient (Wildman–Crippen LogP) is 5.45. The van der Waals surface area contributed by atoms with Crippen LogP contribution in [0.2, 0.25) is 0 Å². The van der Waals surface area contributed by atoms with Gasteiger partial charge in [-0.3, -0.25) is 4.79 Å². The summed E-state index contributed by atoms with van der Waals surface area (Å²) in [6.45, 7) is 7.07. The molecule has 6 nitrogen and oxygen atoms in total. The standard InChI is InChI=1S/C26H31NO5/c1-17(2)31-11-7-10-27-26(28)12-18(3)21-14-22-23(16-32-25(22)15-24(21)30-5)19-8-6-9-20(13-19)29-4/h6,8-9,12-17H,7,10-11H2,1-5H3,(H,27,28)/b18-12+. The fraction of sp³-hybridized carbons (Fsp3) is 0.346. The van der Waals surface area contributed by atoms with Crippen molar-refractivity contribution in [1.82, 2.24) is 5.32 Å². The van der Waals surface area contributed by atoms with Gasteiger partial charge in [-0.2, -0.15) is 0 Å². The minimum atomic E-state index is -0.144. The molecule has 170 valence electrons. The van der Waals surface area contributed by atoms with Gasteiger partial charge in [-0.25, -0.2) is 0 Å². The molecule has 0 saturated heterocycles. The van der Waals surface area contributed by atoms with Gasteiger partial charge in [-0.05, 0) is 56.5 Å². The van der Waals surface area contributed by atoms with E-state index >= 15 is 0 Å². The molecule has 0 radical (unpaired) electrons. The topological polar surface area (TPSA) is 69.9 Å². The lowest BCUT2D eigenvalue weighted by atomic mass is 9.99. The lowest BCUT2D eigenvalue weighted by molar-refractivity contribution is -0.116. The molecule has 0 unspecified atom stereocenters. The van der Waals surface area contributed by atoms with Crippen LogP contribution in [0.15, 0.2) is 53.2 Å². The number of hydrogen-bond acceptors (Lipinski definition) is 5. The van der Waals surface area contributed by atoms with Gasteiger partial charge in [0.15, 0.2) is 0 Å². The van der Waals surface area contributed by atoms with E-state index in [0.717, 1.165) is 39.8 Å². The van der Waals surface area contributed by atoms with Crippen molar-refractivity contribution in [3.8, 4) is 22.6 Å². The van der Waals surface area contributed by atoms with Gasteiger partial charge in [0.1, 0.15) is 17.1 Å². The highest BCUT2D eigenvalue weighted by Gasteiger charge is 2.15. The summed E-state index contributed by atoms with van der Waals surface area (Å²) in [7, 11) is 3.25. The molecule has 0 saturated carbocycles. The molecule has 0 aliphatic carbocycles. The molecule has 0 aliphatic heterocycles. The first-order valence-electron chi connectivity index (χ1n) is 10.7. The molecular formula is C26H31NO5. The molecule has 2 aromatic carbocycles. The van der Waals surface area contributed by atoms with E-state index in [2.05, 4.69) is 5.32 Å². The van der Waals surface area contributed by atoms with Crippen molar-refractivity contribution in [1.29, 1.82) is 0 Å². The summed E-state index contributed by atoms with van der Waals surface area (Å²) in [5.74, 6) is 1.28. The third-order valence-corrected chi connectivity index (χ3v) is 5.12. The number of furan rings is 1. The fourth-order valence-corrected chi connectivity index (χ4v) is 3.47. The van der Waals surface area contributed by atoms with Crippen LogP contribution < -0.4 is 14.8 Å². The molecule has 0 fully saturated rings. The Morgan fingerprint density at radius 3 is 2.69 bits per heavy atom. The van der Waals surface area contributed by atoms with Crippen molar-refractivity contribution < 1.29 is 23.4 Å². The van der Waals surface area contributed by atoms with Gasteiger partial charge in [0.05, 0.1) is 26.6 Å². The molecule has 1 heterocycles. The highest BCUT2D eigenvalue weighted by Crippen LogP contribution is 2.38. The lowest BCUT2D eigenvalue weighted by Gasteiger charge is -2.11. The number of rotatable bonds is 10. The number of allylic oxidation sites excluding steroid dienone is 1. The van der Waals surface area contributed by atoms with Crippen LogP contribution in [0, 0.1) is 0 Å². The average Bonchev–Trinajstić information content (AvgIpc) is 3.20. The van der Waals surface area contributed by atoms with E-state index in [1.165, 1.54) is 0 Å². The molecule has 0 aliphatic rings. The zero-order chi connectivity index (χ0) is 23.1. The van der Waals surface area contributed by atoms with E-state index in [4.69, 9.17) is 18.6 Å². The van der Waals surface area contributed by atoms with Gasteiger partial charge in [0.2, 0.25) is 5.91 Å². The highest BCUT2D eigenvalue weighted by atomic mass is 16.5. The molecular weight excluding hydrogens is 406 g/mol. The number of carbonyl (C=O) groups is 1. The Kier molecular flexibility index (Phi) is 7.95. The predicted molar refractivity (Wildman–Crippen MR) is 127 cm³/mol. The van der Waals surface area contributed by atoms with Crippen molar-refractivity contribution >= 4 is 22.4 Å². The van der Waals surface area contributed by atoms with Gasteiger partial charge in [0, 0.05) is 41.8 Å². The number of carbonyl (C=O) groups excluding carboxylic acids is 1. The van der Waals surface area contributed by atoms with Gasteiger partial charge >= 0.3 is 0 Å². The number of hydrogen-bond donors (Lipinski definition) is 1. The first-order chi connectivity index (χ1) is 15.4. The van der Waals surface area contributed by atoms with Gasteiger partial charge in [-0.1, -0.05) is 12.1 Å². The molecule has 0 spiro atoms. The maximum absolute atomic E-state index is 12.4. The van der Waals surface area contributed by atoms with E-state index in [9.17, 15) is 4.79 Å². The minimum absolute atomic E-state index is 0.144. The Hall–Kier alpha value is -3.25. The van der Waals surface area contributed by atoms with Crippen LogP contribution >= 0.6 is 0 Å². The zero-order valence-corrected chi connectivity index (χ0v) is 19.4. The quantitative estimate of drug-likeness (QED) is 0.337. The Balaban J connectivity index is 1.85. The Morgan fingerprint density at radius 2 is 1.97 bits per heavy atom. The Bertz CT molecular complexity index is 1100. The molecule has 3 rings (SSSR count). The zero-order valence-electron chi connectivity index (χ0n) is 19.4. The third-order valence-electron chi connectivity index (χ3n) is 5.12. The summed E-state index contributed by atoms with van der Waals surface area (Å²) in [6.07, 6.45) is 4.29. The highest BCUT2D eigenvalue weighted by molar-refractivity contribution is 6.00. The second-order valence-electron chi connectivity index (χ2n) is 7.82. The molecule has 32 heavy (non-hydrogen) atoms. The summed E-state index contributed by atoms with van der Waals surface area (Å²) in [4.78, 5) is 12.4. The summed E-state index contributed by atoms with van der Waals surface area (Å²) < 4.78 is 22.2. The smallest absolute Gasteiger partial charge is 0.244 e. The first-order valence-corrected chi connectivity index (χ1v) is 10.7. The average molecular weight is 438 g/mol. The fourth-order valence-electron chi connectivity index (χ4n) is 3.47. The molecule has 3 aromatic rings. The van der Waals surface area contributed by atoms with E-state index < -0.39 is 0 Å². The van der Waals surface area contributed by atoms with Crippen molar-refractivity contribution in [2.45, 2.75) is 33.3 Å². The number of nitrogens with one attached hydrogen (secondary N) is 1. The van der Waals surface area contributed by atoms with Crippen molar-refractivity contribution in [2.75, 3.05) is 27.4 Å². The van der Waals surface area contributed by atoms with Crippen molar-refractivity contribution in [3.63, 3.8) is 0 Å². The number of fused-ring (bicyclic) bond motifs is 1. The van der Waals surface area contributed by atoms with Crippen molar-refractivity contribution in [3.05, 3.63) is 54.3 Å². The SMILES string of the molecule is COc1cccc(-c2coc3cc(OC)c(/C(C)=C/C(=O)NCCCOC(C)C)cc23)c1. The maximum Gasteiger partial charge on any atom is 0.244 e. The summed E-state index contributed by atoms with van der Waals surface area (Å²) in [5.41, 5.74) is 4.29. The monoisotopic (exact) mass is 437 g/mol. The van der Waals surface area contributed by atoms with Crippen LogP contribution in [0.4, 0.5) is 0 Å². The molecule has 1 N–H and O–H groups in total. The van der Waals surface area contributed by atoms with Gasteiger partial charge in [-0.15, -0.1) is 0 Å². The van der Waals surface area contributed by atoms with E-state index in [1.54, 1.807) is 26.6 Å². The number of methoxy groups -OCH3 is 2. The van der Waals surface area contributed by atoms with Crippen LogP contribution in [0.3, 0.4) is 0 Å². The molecule has 6 heteroatoms. The molecule has 0 bridgehead atoms. The van der Waals surface area contributed by atoms with Crippen LogP contribution in [0.5, 0.6) is 11.5 Å². The number of amides is 1. The second kappa shape index (κ2) is 10.9. The molecule has 1 aromatic heterocycles. The summed E-state index contributed by atoms with van der Waals surface area (Å²) in [5, 5.41) is 3.85. The van der Waals surface area contributed by atoms with E-state index in [1.807, 2.05) is 57.2 Å². The third kappa shape index (κ3) is 5.71. The molecule has 0 atom stereocenters. The molecule has 1 amide bonds. The lowest BCUT2D eigenvalue weighted by Crippen LogP contribution is -2.23. The normalized spacial score (nSPS) is 11.8. The van der Waals surface area contributed by atoms with E-state index in [-0.39, 0.29) is 12.0 Å². The van der Waals surface area contributed by atoms with Gasteiger partial charge in [0.25, 0.3) is 0 Å². The second-order valence-corrected chi connectivity index (χ2v) is 7.82.